The third-order valence-electron chi connectivity index (χ3n) is 3.33. The molecule has 0 aromatic carbocycles. The normalized spacial score (nSPS) is 30.9. The summed E-state index contributed by atoms with van der Waals surface area (Å²) in [6.07, 6.45) is 4.00. The second kappa shape index (κ2) is 5.35. The quantitative estimate of drug-likeness (QED) is 0.691. The van der Waals surface area contributed by atoms with E-state index in [0.29, 0.717) is 6.04 Å². The third kappa shape index (κ3) is 4.28. The Morgan fingerprint density at radius 3 is 2.06 bits per heavy atom. The summed E-state index contributed by atoms with van der Waals surface area (Å²) < 4.78 is 0. The fraction of sp³-hybridized carbons (Fsp3) is 0.923. The van der Waals surface area contributed by atoms with Crippen LogP contribution in [0.2, 0.25) is 0 Å². The van der Waals surface area contributed by atoms with Crippen molar-refractivity contribution in [2.75, 3.05) is 0 Å². The van der Waals surface area contributed by atoms with Crippen LogP contribution >= 0.6 is 12.2 Å². The van der Waals surface area contributed by atoms with Crippen molar-refractivity contribution < 1.29 is 0 Å². The predicted octanol–water partition coefficient (Wildman–Crippen LogP) is 3.07. The molecule has 1 aliphatic carbocycles. The first-order valence-corrected chi connectivity index (χ1v) is 6.79. The standard InChI is InChI=1S/C13H26N2S/c1-9-7-6-8-10(2)11(9)14-12(16)15-13(3,4)5/h9-11H,6-8H2,1-5H3,(H2,14,15,16). The van der Waals surface area contributed by atoms with Crippen molar-refractivity contribution in [3.63, 3.8) is 0 Å². The van der Waals surface area contributed by atoms with Crippen LogP contribution in [0, 0.1) is 11.8 Å². The smallest absolute Gasteiger partial charge is 0.166 e. The Morgan fingerprint density at radius 1 is 1.12 bits per heavy atom. The second-order valence-corrected chi connectivity index (χ2v) is 6.67. The summed E-state index contributed by atoms with van der Waals surface area (Å²) in [4.78, 5) is 0. The van der Waals surface area contributed by atoms with Gasteiger partial charge in [-0.15, -0.1) is 0 Å². The average Bonchev–Trinajstić information content (AvgIpc) is 2.08. The van der Waals surface area contributed by atoms with E-state index < -0.39 is 0 Å². The molecule has 16 heavy (non-hydrogen) atoms. The van der Waals surface area contributed by atoms with Gasteiger partial charge >= 0.3 is 0 Å². The lowest BCUT2D eigenvalue weighted by Gasteiger charge is -2.37. The van der Waals surface area contributed by atoms with E-state index in [-0.39, 0.29) is 5.54 Å². The summed E-state index contributed by atoms with van der Waals surface area (Å²) in [5.41, 5.74) is 0.0469. The van der Waals surface area contributed by atoms with E-state index in [4.69, 9.17) is 12.2 Å². The highest BCUT2D eigenvalue weighted by Crippen LogP contribution is 2.28. The van der Waals surface area contributed by atoms with Crippen LogP contribution < -0.4 is 10.6 Å². The number of hydrogen-bond acceptors (Lipinski definition) is 1. The molecule has 1 saturated carbocycles. The first kappa shape index (κ1) is 13.8. The van der Waals surface area contributed by atoms with Crippen LogP contribution in [0.15, 0.2) is 0 Å². The Hall–Kier alpha value is -0.310. The summed E-state index contributed by atoms with van der Waals surface area (Å²) in [6, 6.07) is 0.538. The zero-order chi connectivity index (χ0) is 12.3. The van der Waals surface area contributed by atoms with Crippen LogP contribution in [0.25, 0.3) is 0 Å². The van der Waals surface area contributed by atoms with Crippen molar-refractivity contribution in [1.29, 1.82) is 0 Å². The van der Waals surface area contributed by atoms with E-state index in [2.05, 4.69) is 45.3 Å². The molecule has 0 bridgehead atoms. The molecule has 2 N–H and O–H groups in total. The third-order valence-corrected chi connectivity index (χ3v) is 3.55. The highest BCUT2D eigenvalue weighted by molar-refractivity contribution is 7.80. The van der Waals surface area contributed by atoms with Crippen molar-refractivity contribution in [3.05, 3.63) is 0 Å². The Kier molecular flexibility index (Phi) is 4.60. The molecule has 2 atom stereocenters. The van der Waals surface area contributed by atoms with E-state index in [9.17, 15) is 0 Å². The monoisotopic (exact) mass is 242 g/mol. The van der Waals surface area contributed by atoms with Crippen molar-refractivity contribution in [2.24, 2.45) is 11.8 Å². The molecule has 0 saturated heterocycles. The summed E-state index contributed by atoms with van der Waals surface area (Å²) in [5, 5.41) is 7.63. The molecule has 0 aromatic rings. The molecule has 2 nitrogen and oxygen atoms in total. The summed E-state index contributed by atoms with van der Waals surface area (Å²) in [7, 11) is 0. The summed E-state index contributed by atoms with van der Waals surface area (Å²) >= 11 is 5.37. The molecule has 0 aliphatic heterocycles. The molecule has 1 rings (SSSR count). The van der Waals surface area contributed by atoms with Crippen molar-refractivity contribution >= 4 is 17.3 Å². The molecule has 94 valence electrons. The van der Waals surface area contributed by atoms with Gasteiger partial charge in [-0.3, -0.25) is 0 Å². The Bertz CT molecular complexity index is 235. The second-order valence-electron chi connectivity index (χ2n) is 6.26. The van der Waals surface area contributed by atoms with Crippen LogP contribution in [0.3, 0.4) is 0 Å². The average molecular weight is 242 g/mol. The SMILES string of the molecule is CC1CCCC(C)C1NC(=S)NC(C)(C)C. The largest absolute Gasteiger partial charge is 0.359 e. The molecule has 1 aliphatic rings. The van der Waals surface area contributed by atoms with Crippen molar-refractivity contribution in [2.45, 2.75) is 65.5 Å². The van der Waals surface area contributed by atoms with E-state index in [0.717, 1.165) is 16.9 Å². The summed E-state index contributed by atoms with van der Waals surface area (Å²) in [6.45, 7) is 11.1. The van der Waals surface area contributed by atoms with Gasteiger partial charge in [0.05, 0.1) is 0 Å². The predicted molar refractivity (Wildman–Crippen MR) is 74.6 cm³/mol. The topological polar surface area (TPSA) is 24.1 Å². The molecule has 0 spiro atoms. The van der Waals surface area contributed by atoms with E-state index in [1.165, 1.54) is 19.3 Å². The van der Waals surface area contributed by atoms with Gasteiger partial charge in [-0.2, -0.15) is 0 Å². The zero-order valence-corrected chi connectivity index (χ0v) is 12.1. The van der Waals surface area contributed by atoms with E-state index in [1.807, 2.05) is 0 Å². The highest BCUT2D eigenvalue weighted by atomic mass is 32.1. The van der Waals surface area contributed by atoms with Gasteiger partial charge in [0.25, 0.3) is 0 Å². The van der Waals surface area contributed by atoms with Gasteiger partial charge in [-0.25, -0.2) is 0 Å². The van der Waals surface area contributed by atoms with Gasteiger partial charge in [0.2, 0.25) is 0 Å². The lowest BCUT2D eigenvalue weighted by molar-refractivity contribution is 0.230. The lowest BCUT2D eigenvalue weighted by atomic mass is 9.79. The Balaban J connectivity index is 2.48. The van der Waals surface area contributed by atoms with Gasteiger partial charge < -0.3 is 10.6 Å². The first-order chi connectivity index (χ1) is 7.29. The molecule has 2 unspecified atom stereocenters. The Morgan fingerprint density at radius 2 is 1.62 bits per heavy atom. The molecule has 0 heterocycles. The van der Waals surface area contributed by atoms with Crippen LogP contribution in [0.1, 0.15) is 53.9 Å². The van der Waals surface area contributed by atoms with Crippen LogP contribution in [0.5, 0.6) is 0 Å². The molecular formula is C13H26N2S. The minimum atomic E-state index is 0.0469. The maximum Gasteiger partial charge on any atom is 0.166 e. The molecule has 0 aromatic heterocycles. The van der Waals surface area contributed by atoms with Crippen LogP contribution in [0.4, 0.5) is 0 Å². The fourth-order valence-corrected chi connectivity index (χ4v) is 2.94. The number of thiocarbonyl (C=S) groups is 1. The number of nitrogens with one attached hydrogen (secondary N) is 2. The van der Waals surface area contributed by atoms with Gasteiger partial charge in [0, 0.05) is 11.6 Å². The maximum atomic E-state index is 5.37. The maximum absolute atomic E-state index is 5.37. The van der Waals surface area contributed by atoms with Crippen LogP contribution in [-0.4, -0.2) is 16.7 Å². The number of rotatable bonds is 1. The van der Waals surface area contributed by atoms with Crippen molar-refractivity contribution in [1.82, 2.24) is 10.6 Å². The minimum Gasteiger partial charge on any atom is -0.359 e. The molecule has 0 radical (unpaired) electrons. The Labute approximate surface area is 106 Å². The van der Waals surface area contributed by atoms with Gasteiger partial charge in [0.15, 0.2) is 5.11 Å². The zero-order valence-electron chi connectivity index (χ0n) is 11.3. The van der Waals surface area contributed by atoms with E-state index in [1.54, 1.807) is 0 Å². The molecular weight excluding hydrogens is 216 g/mol. The highest BCUT2D eigenvalue weighted by Gasteiger charge is 2.28. The van der Waals surface area contributed by atoms with E-state index >= 15 is 0 Å². The fourth-order valence-electron chi connectivity index (χ4n) is 2.49. The van der Waals surface area contributed by atoms with Crippen LogP contribution in [-0.2, 0) is 0 Å². The molecule has 3 heteroatoms. The van der Waals surface area contributed by atoms with Gasteiger partial charge in [-0.05, 0) is 57.7 Å². The van der Waals surface area contributed by atoms with Crippen molar-refractivity contribution in [3.8, 4) is 0 Å². The molecule has 1 fully saturated rings. The summed E-state index contributed by atoms with van der Waals surface area (Å²) in [5.74, 6) is 1.45. The lowest BCUT2D eigenvalue weighted by Crippen LogP contribution is -2.53. The van der Waals surface area contributed by atoms with Gasteiger partial charge in [0.1, 0.15) is 0 Å². The molecule has 0 amide bonds. The number of hydrogen-bond donors (Lipinski definition) is 2. The minimum absolute atomic E-state index is 0.0469. The van der Waals surface area contributed by atoms with Gasteiger partial charge in [-0.1, -0.05) is 20.3 Å². The first-order valence-electron chi connectivity index (χ1n) is 6.38.